The molecule has 2 fully saturated rings. The standard InChI is InChI=1S/C18H36N4O/c1-4-5-6-7-9-15(2)21-18(19-3)20-12-17-13-22-11-8-10-16(22)14-23-17/h15-17H,4-14H2,1-3H3,(H2,19,20,21). The number of ether oxygens (including phenoxy) is 1. The monoisotopic (exact) mass is 324 g/mol. The minimum absolute atomic E-state index is 0.280. The van der Waals surface area contributed by atoms with Crippen molar-refractivity contribution >= 4 is 5.96 Å². The highest BCUT2D eigenvalue weighted by Crippen LogP contribution is 2.22. The molecular weight excluding hydrogens is 288 g/mol. The number of guanidine groups is 1. The molecule has 2 saturated heterocycles. The van der Waals surface area contributed by atoms with Crippen LogP contribution in [0.1, 0.15) is 58.8 Å². The van der Waals surface area contributed by atoms with Gasteiger partial charge in [0.05, 0.1) is 12.7 Å². The van der Waals surface area contributed by atoms with Gasteiger partial charge in [-0.25, -0.2) is 0 Å². The number of fused-ring (bicyclic) bond motifs is 1. The average molecular weight is 325 g/mol. The van der Waals surface area contributed by atoms with E-state index in [1.807, 2.05) is 7.05 Å². The maximum atomic E-state index is 6.00. The van der Waals surface area contributed by atoms with Crippen LogP contribution in [0.5, 0.6) is 0 Å². The summed E-state index contributed by atoms with van der Waals surface area (Å²) in [5.41, 5.74) is 0. The lowest BCUT2D eigenvalue weighted by atomic mass is 10.1. The van der Waals surface area contributed by atoms with Crippen molar-refractivity contribution in [2.75, 3.05) is 33.3 Å². The van der Waals surface area contributed by atoms with Crippen LogP contribution in [0.2, 0.25) is 0 Å². The summed E-state index contributed by atoms with van der Waals surface area (Å²) in [5, 5.41) is 6.94. The van der Waals surface area contributed by atoms with Gasteiger partial charge in [0.15, 0.2) is 5.96 Å². The highest BCUT2D eigenvalue weighted by Gasteiger charge is 2.32. The topological polar surface area (TPSA) is 48.9 Å². The zero-order valence-electron chi connectivity index (χ0n) is 15.3. The molecule has 2 aliphatic heterocycles. The predicted molar refractivity (Wildman–Crippen MR) is 97.1 cm³/mol. The minimum atomic E-state index is 0.280. The van der Waals surface area contributed by atoms with Crippen LogP contribution in [0.3, 0.4) is 0 Å². The van der Waals surface area contributed by atoms with Gasteiger partial charge in [0, 0.05) is 32.2 Å². The van der Waals surface area contributed by atoms with Gasteiger partial charge in [-0.1, -0.05) is 32.6 Å². The number of morpholine rings is 1. The van der Waals surface area contributed by atoms with Gasteiger partial charge in [-0.05, 0) is 32.7 Å². The molecule has 134 valence electrons. The first-order valence-electron chi connectivity index (χ1n) is 9.55. The number of hydrogen-bond acceptors (Lipinski definition) is 3. The SMILES string of the molecule is CCCCCCC(C)NC(=NC)NCC1CN2CCCC2CO1. The van der Waals surface area contributed by atoms with Gasteiger partial charge in [-0.2, -0.15) is 0 Å². The van der Waals surface area contributed by atoms with E-state index in [4.69, 9.17) is 4.74 Å². The Morgan fingerprint density at radius 2 is 2.22 bits per heavy atom. The first kappa shape index (κ1) is 18.5. The zero-order chi connectivity index (χ0) is 16.5. The molecule has 3 unspecified atom stereocenters. The molecule has 0 bridgehead atoms. The van der Waals surface area contributed by atoms with Gasteiger partial charge in [-0.3, -0.25) is 9.89 Å². The summed E-state index contributed by atoms with van der Waals surface area (Å²) in [6, 6.07) is 1.14. The molecule has 23 heavy (non-hydrogen) atoms. The van der Waals surface area contributed by atoms with Gasteiger partial charge in [0.25, 0.3) is 0 Å². The van der Waals surface area contributed by atoms with Gasteiger partial charge >= 0.3 is 0 Å². The van der Waals surface area contributed by atoms with Crippen LogP contribution in [0.25, 0.3) is 0 Å². The van der Waals surface area contributed by atoms with E-state index in [2.05, 4.69) is 34.4 Å². The molecule has 2 aliphatic rings. The Bertz CT molecular complexity index is 361. The Morgan fingerprint density at radius 3 is 3.00 bits per heavy atom. The van der Waals surface area contributed by atoms with Gasteiger partial charge < -0.3 is 15.4 Å². The highest BCUT2D eigenvalue weighted by molar-refractivity contribution is 5.79. The summed E-state index contributed by atoms with van der Waals surface area (Å²) < 4.78 is 6.00. The summed E-state index contributed by atoms with van der Waals surface area (Å²) in [4.78, 5) is 6.93. The van der Waals surface area contributed by atoms with Gasteiger partial charge in [0.1, 0.15) is 0 Å². The first-order valence-corrected chi connectivity index (χ1v) is 9.55. The largest absolute Gasteiger partial charge is 0.373 e. The zero-order valence-corrected chi connectivity index (χ0v) is 15.3. The molecule has 0 radical (unpaired) electrons. The van der Waals surface area contributed by atoms with Crippen molar-refractivity contribution in [3.8, 4) is 0 Å². The Morgan fingerprint density at radius 1 is 1.35 bits per heavy atom. The van der Waals surface area contributed by atoms with E-state index in [-0.39, 0.29) is 6.10 Å². The van der Waals surface area contributed by atoms with Crippen molar-refractivity contribution < 1.29 is 4.74 Å². The normalized spacial score (nSPS) is 26.8. The quantitative estimate of drug-likeness (QED) is 0.409. The predicted octanol–water partition coefficient (Wildman–Crippen LogP) is 2.37. The number of unbranched alkanes of at least 4 members (excludes halogenated alkanes) is 3. The number of nitrogens with zero attached hydrogens (tertiary/aromatic N) is 2. The molecule has 0 amide bonds. The van der Waals surface area contributed by atoms with Crippen LogP contribution in [0.15, 0.2) is 4.99 Å². The molecule has 0 aromatic heterocycles. The van der Waals surface area contributed by atoms with Crippen molar-refractivity contribution in [1.82, 2.24) is 15.5 Å². The molecular formula is C18H36N4O. The molecule has 0 aromatic rings. The molecule has 3 atom stereocenters. The lowest BCUT2D eigenvalue weighted by Crippen LogP contribution is -2.52. The van der Waals surface area contributed by atoms with E-state index >= 15 is 0 Å². The van der Waals surface area contributed by atoms with Crippen LogP contribution in [0.4, 0.5) is 0 Å². The molecule has 2 rings (SSSR count). The molecule has 0 aromatic carbocycles. The third kappa shape index (κ3) is 6.30. The Hall–Kier alpha value is -0.810. The molecule has 5 nitrogen and oxygen atoms in total. The first-order chi connectivity index (χ1) is 11.2. The second kappa shape index (κ2) is 10.1. The van der Waals surface area contributed by atoms with Crippen molar-refractivity contribution in [3.05, 3.63) is 0 Å². The second-order valence-corrected chi connectivity index (χ2v) is 7.09. The molecule has 2 heterocycles. The molecule has 0 saturated carbocycles. The maximum Gasteiger partial charge on any atom is 0.191 e. The van der Waals surface area contributed by atoms with E-state index in [9.17, 15) is 0 Å². The van der Waals surface area contributed by atoms with Crippen LogP contribution in [-0.2, 0) is 4.74 Å². The lowest BCUT2D eigenvalue weighted by molar-refractivity contribution is -0.0453. The summed E-state index contributed by atoms with van der Waals surface area (Å²) in [6.45, 7) is 8.53. The summed E-state index contributed by atoms with van der Waals surface area (Å²) >= 11 is 0. The van der Waals surface area contributed by atoms with Gasteiger partial charge in [-0.15, -0.1) is 0 Å². The Balaban J connectivity index is 1.62. The third-order valence-corrected chi connectivity index (χ3v) is 5.06. The fourth-order valence-corrected chi connectivity index (χ4v) is 3.60. The van der Waals surface area contributed by atoms with E-state index in [1.165, 1.54) is 51.5 Å². The minimum Gasteiger partial charge on any atom is -0.373 e. The Kier molecular flexibility index (Phi) is 8.17. The smallest absolute Gasteiger partial charge is 0.191 e. The highest BCUT2D eigenvalue weighted by atomic mass is 16.5. The lowest BCUT2D eigenvalue weighted by Gasteiger charge is -2.35. The fourth-order valence-electron chi connectivity index (χ4n) is 3.60. The summed E-state index contributed by atoms with van der Waals surface area (Å²) in [5.74, 6) is 0.903. The third-order valence-electron chi connectivity index (χ3n) is 5.06. The van der Waals surface area contributed by atoms with Crippen LogP contribution < -0.4 is 10.6 Å². The molecule has 0 spiro atoms. The Labute approximate surface area is 142 Å². The summed E-state index contributed by atoms with van der Waals surface area (Å²) in [6.07, 6.45) is 9.38. The number of nitrogens with one attached hydrogen (secondary N) is 2. The van der Waals surface area contributed by atoms with E-state index in [0.717, 1.165) is 25.7 Å². The molecule has 0 aliphatic carbocycles. The average Bonchev–Trinajstić information content (AvgIpc) is 3.03. The number of hydrogen-bond donors (Lipinski definition) is 2. The second-order valence-electron chi connectivity index (χ2n) is 7.09. The van der Waals surface area contributed by atoms with E-state index in [0.29, 0.717) is 12.1 Å². The number of rotatable bonds is 8. The molecule has 5 heteroatoms. The fraction of sp³-hybridized carbons (Fsp3) is 0.944. The van der Waals surface area contributed by atoms with Crippen LogP contribution in [0, 0.1) is 0 Å². The van der Waals surface area contributed by atoms with Crippen molar-refractivity contribution in [2.45, 2.75) is 77.0 Å². The molecule has 2 N–H and O–H groups in total. The van der Waals surface area contributed by atoms with Crippen molar-refractivity contribution in [3.63, 3.8) is 0 Å². The van der Waals surface area contributed by atoms with Crippen molar-refractivity contribution in [2.24, 2.45) is 4.99 Å². The number of aliphatic imine (C=N–C) groups is 1. The van der Waals surface area contributed by atoms with Crippen molar-refractivity contribution in [1.29, 1.82) is 0 Å². The summed E-state index contributed by atoms with van der Waals surface area (Å²) in [7, 11) is 1.84. The van der Waals surface area contributed by atoms with Crippen LogP contribution in [-0.4, -0.2) is 62.3 Å². The maximum absolute atomic E-state index is 6.00. The van der Waals surface area contributed by atoms with Crippen LogP contribution >= 0.6 is 0 Å². The van der Waals surface area contributed by atoms with Gasteiger partial charge in [0.2, 0.25) is 0 Å². The van der Waals surface area contributed by atoms with E-state index < -0.39 is 0 Å². The van der Waals surface area contributed by atoms with E-state index in [1.54, 1.807) is 0 Å².